The van der Waals surface area contributed by atoms with Crippen LogP contribution in [0.3, 0.4) is 0 Å². The molecule has 0 heterocycles. The first-order valence-corrected chi connectivity index (χ1v) is 9.43. The summed E-state index contributed by atoms with van der Waals surface area (Å²) in [5.41, 5.74) is 2.30. The summed E-state index contributed by atoms with van der Waals surface area (Å²) in [5, 5.41) is 4.39. The minimum absolute atomic E-state index is 0.251. The summed E-state index contributed by atoms with van der Waals surface area (Å²) < 4.78 is 3.09. The molecule has 0 fully saturated rings. The van der Waals surface area contributed by atoms with Crippen molar-refractivity contribution in [3.05, 3.63) is 60.4 Å². The van der Waals surface area contributed by atoms with E-state index in [1.54, 1.807) is 0 Å². The highest BCUT2D eigenvalue weighted by atomic mass is 79.9. The second-order valence-electron chi connectivity index (χ2n) is 4.78. The number of rotatable bonds is 5. The van der Waals surface area contributed by atoms with Gasteiger partial charge in [-0.15, -0.1) is 0 Å². The van der Waals surface area contributed by atoms with E-state index < -0.39 is 0 Å². The third-order valence-corrected chi connectivity index (χ3v) is 5.14. The van der Waals surface area contributed by atoms with Crippen molar-refractivity contribution in [2.24, 2.45) is 0 Å². The van der Waals surface area contributed by atoms with Crippen LogP contribution in [0.25, 0.3) is 0 Å². The van der Waals surface area contributed by atoms with E-state index in [4.69, 9.17) is 11.6 Å². The molecule has 0 radical (unpaired) electrons. The van der Waals surface area contributed by atoms with Gasteiger partial charge in [0.1, 0.15) is 0 Å². The van der Waals surface area contributed by atoms with Gasteiger partial charge in [-0.1, -0.05) is 53.0 Å². The topological polar surface area (TPSA) is 12.0 Å². The summed E-state index contributed by atoms with van der Waals surface area (Å²) in [6.07, 6.45) is 2.16. The lowest BCUT2D eigenvalue weighted by Gasteiger charge is -2.22. The van der Waals surface area contributed by atoms with Crippen LogP contribution >= 0.6 is 59.4 Å². The predicted molar refractivity (Wildman–Crippen MR) is 102 cm³/mol. The zero-order valence-electron chi connectivity index (χ0n) is 11.5. The molecule has 0 amide bonds. The third-order valence-electron chi connectivity index (χ3n) is 3.18. The van der Waals surface area contributed by atoms with Gasteiger partial charge in [-0.3, -0.25) is 0 Å². The van der Waals surface area contributed by atoms with Crippen LogP contribution in [-0.2, 0) is 0 Å². The molecule has 112 valence electrons. The minimum Gasteiger partial charge on any atom is -0.376 e. The number of halogens is 4. The number of anilines is 1. The van der Waals surface area contributed by atoms with E-state index in [9.17, 15) is 0 Å². The molecule has 1 N–H and O–H groups in total. The standard InChI is InChI=1S/C16H15Br3ClN/c1-2-3-15(10-4-6-12(20)7-5-10)21-16-13(18)8-11(17)9-14(16)19/h4-9,15,21H,2-3H2,1H3. The fourth-order valence-electron chi connectivity index (χ4n) is 2.16. The van der Waals surface area contributed by atoms with Gasteiger partial charge in [0.05, 0.1) is 11.7 Å². The van der Waals surface area contributed by atoms with Crippen LogP contribution < -0.4 is 5.32 Å². The van der Waals surface area contributed by atoms with E-state index in [1.807, 2.05) is 24.3 Å². The van der Waals surface area contributed by atoms with Crippen molar-refractivity contribution < 1.29 is 0 Å². The highest BCUT2D eigenvalue weighted by Gasteiger charge is 2.14. The van der Waals surface area contributed by atoms with E-state index in [2.05, 4.69) is 72.2 Å². The molecule has 1 nitrogen and oxygen atoms in total. The van der Waals surface area contributed by atoms with Crippen molar-refractivity contribution in [1.82, 2.24) is 0 Å². The van der Waals surface area contributed by atoms with Crippen LogP contribution in [0.2, 0.25) is 5.02 Å². The zero-order valence-corrected chi connectivity index (χ0v) is 17.0. The van der Waals surface area contributed by atoms with Crippen LogP contribution in [-0.4, -0.2) is 0 Å². The number of benzene rings is 2. The van der Waals surface area contributed by atoms with Crippen LogP contribution in [0.15, 0.2) is 49.8 Å². The molecule has 0 aliphatic rings. The number of hydrogen-bond donors (Lipinski definition) is 1. The summed E-state index contributed by atoms with van der Waals surface area (Å²) in [6, 6.07) is 12.4. The van der Waals surface area contributed by atoms with Gasteiger partial charge in [-0.2, -0.15) is 0 Å². The largest absolute Gasteiger partial charge is 0.376 e. The van der Waals surface area contributed by atoms with Gasteiger partial charge in [0.2, 0.25) is 0 Å². The second kappa shape index (κ2) is 8.00. The van der Waals surface area contributed by atoms with Crippen molar-refractivity contribution in [3.63, 3.8) is 0 Å². The molecule has 1 unspecified atom stereocenters. The Hall–Kier alpha value is -0.0300. The Morgan fingerprint density at radius 3 is 2.14 bits per heavy atom. The van der Waals surface area contributed by atoms with Crippen molar-refractivity contribution in [2.45, 2.75) is 25.8 Å². The van der Waals surface area contributed by atoms with E-state index in [-0.39, 0.29) is 6.04 Å². The maximum atomic E-state index is 5.98. The minimum atomic E-state index is 0.251. The molecule has 0 saturated carbocycles. The SMILES string of the molecule is CCCC(Nc1c(Br)cc(Br)cc1Br)c1ccc(Cl)cc1. The van der Waals surface area contributed by atoms with Gasteiger partial charge in [-0.25, -0.2) is 0 Å². The van der Waals surface area contributed by atoms with Gasteiger partial charge in [-0.05, 0) is 68.1 Å². The van der Waals surface area contributed by atoms with E-state index >= 15 is 0 Å². The molecular weight excluding hydrogens is 481 g/mol. The third kappa shape index (κ3) is 4.72. The summed E-state index contributed by atoms with van der Waals surface area (Å²) in [5.74, 6) is 0. The Morgan fingerprint density at radius 1 is 1.05 bits per heavy atom. The molecule has 2 aromatic rings. The Balaban J connectivity index is 2.30. The summed E-state index contributed by atoms with van der Waals surface area (Å²) in [7, 11) is 0. The molecule has 0 aliphatic carbocycles. The smallest absolute Gasteiger partial charge is 0.0634 e. The van der Waals surface area contributed by atoms with E-state index in [0.29, 0.717) is 0 Å². The lowest BCUT2D eigenvalue weighted by atomic mass is 10.0. The molecular formula is C16H15Br3ClN. The molecule has 0 aromatic heterocycles. The first-order valence-electron chi connectivity index (χ1n) is 6.67. The van der Waals surface area contributed by atoms with Crippen LogP contribution in [0.4, 0.5) is 5.69 Å². The lowest BCUT2D eigenvalue weighted by molar-refractivity contribution is 0.677. The maximum Gasteiger partial charge on any atom is 0.0634 e. The van der Waals surface area contributed by atoms with E-state index in [0.717, 1.165) is 37.0 Å². The molecule has 0 spiro atoms. The predicted octanol–water partition coefficient (Wildman–Crippen LogP) is 7.58. The monoisotopic (exact) mass is 493 g/mol. The highest BCUT2D eigenvalue weighted by molar-refractivity contribution is 9.11. The van der Waals surface area contributed by atoms with Crippen molar-refractivity contribution in [3.8, 4) is 0 Å². The fraction of sp³-hybridized carbons (Fsp3) is 0.250. The van der Waals surface area contributed by atoms with Gasteiger partial charge < -0.3 is 5.32 Å². The Kier molecular flexibility index (Phi) is 6.60. The molecule has 0 saturated heterocycles. The molecule has 0 aliphatic heterocycles. The van der Waals surface area contributed by atoms with Crippen LogP contribution in [0.5, 0.6) is 0 Å². The Labute approximate surface area is 155 Å². The second-order valence-corrected chi connectivity index (χ2v) is 7.84. The molecule has 0 bridgehead atoms. The first-order chi connectivity index (χ1) is 10.0. The maximum absolute atomic E-state index is 5.98. The number of hydrogen-bond acceptors (Lipinski definition) is 1. The van der Waals surface area contributed by atoms with Crippen molar-refractivity contribution in [1.29, 1.82) is 0 Å². The van der Waals surface area contributed by atoms with Crippen LogP contribution in [0.1, 0.15) is 31.4 Å². The Bertz CT molecular complexity index is 590. The van der Waals surface area contributed by atoms with E-state index in [1.165, 1.54) is 5.56 Å². The molecule has 1 atom stereocenters. The van der Waals surface area contributed by atoms with Gasteiger partial charge >= 0.3 is 0 Å². The van der Waals surface area contributed by atoms with Gasteiger partial charge in [0, 0.05) is 18.4 Å². The first kappa shape index (κ1) is 17.3. The normalized spacial score (nSPS) is 12.2. The molecule has 5 heteroatoms. The number of nitrogens with one attached hydrogen (secondary N) is 1. The molecule has 2 aromatic carbocycles. The average molecular weight is 496 g/mol. The zero-order chi connectivity index (χ0) is 15.4. The molecule has 21 heavy (non-hydrogen) atoms. The van der Waals surface area contributed by atoms with Crippen molar-refractivity contribution >= 4 is 65.1 Å². The van der Waals surface area contributed by atoms with Crippen molar-refractivity contribution in [2.75, 3.05) is 5.32 Å². The summed E-state index contributed by atoms with van der Waals surface area (Å²) in [6.45, 7) is 2.19. The average Bonchev–Trinajstić information content (AvgIpc) is 2.42. The van der Waals surface area contributed by atoms with Gasteiger partial charge in [0.25, 0.3) is 0 Å². The molecule has 2 rings (SSSR count). The summed E-state index contributed by atoms with van der Waals surface area (Å²) >= 11 is 16.7. The Morgan fingerprint density at radius 2 is 1.62 bits per heavy atom. The quantitative estimate of drug-likeness (QED) is 0.450. The lowest BCUT2D eigenvalue weighted by Crippen LogP contribution is -2.11. The van der Waals surface area contributed by atoms with Gasteiger partial charge in [0.15, 0.2) is 0 Å². The highest BCUT2D eigenvalue weighted by Crippen LogP contribution is 2.37. The fourth-order valence-corrected chi connectivity index (χ4v) is 4.77. The summed E-state index contributed by atoms with van der Waals surface area (Å²) in [4.78, 5) is 0. The van der Waals surface area contributed by atoms with Crippen LogP contribution in [0, 0.1) is 0 Å².